The van der Waals surface area contributed by atoms with Crippen LogP contribution in [0.5, 0.6) is 0 Å². The van der Waals surface area contributed by atoms with Crippen LogP contribution in [0.25, 0.3) is 0 Å². The zero-order valence-corrected chi connectivity index (χ0v) is 12.0. The molecule has 2 heterocycles. The van der Waals surface area contributed by atoms with Crippen molar-refractivity contribution in [1.29, 1.82) is 0 Å². The van der Waals surface area contributed by atoms with E-state index in [-0.39, 0.29) is 17.9 Å². The second-order valence-electron chi connectivity index (χ2n) is 5.54. The second kappa shape index (κ2) is 6.93. The third-order valence-corrected chi connectivity index (χ3v) is 4.38. The minimum atomic E-state index is 0. The largest absolute Gasteiger partial charge is 0.378 e. The quantitative estimate of drug-likeness (QED) is 0.841. The van der Waals surface area contributed by atoms with Crippen molar-refractivity contribution >= 4 is 12.4 Å². The smallest absolute Gasteiger partial charge is 0.0648 e. The Bertz CT molecular complexity index is 221. The van der Waals surface area contributed by atoms with Gasteiger partial charge >= 0.3 is 0 Å². The molecule has 1 N–H and O–H groups in total. The van der Waals surface area contributed by atoms with E-state index in [1.165, 1.54) is 38.9 Å². The minimum absolute atomic E-state index is 0. The van der Waals surface area contributed by atoms with Crippen molar-refractivity contribution in [1.82, 2.24) is 10.2 Å². The van der Waals surface area contributed by atoms with Gasteiger partial charge in [0.15, 0.2) is 0 Å². The number of morpholine rings is 1. The summed E-state index contributed by atoms with van der Waals surface area (Å²) in [5, 5.41) is 3.44. The fourth-order valence-corrected chi connectivity index (χ4v) is 2.84. The third kappa shape index (κ3) is 3.82. The molecule has 2 aliphatic heterocycles. The Morgan fingerprint density at radius 2 is 2.06 bits per heavy atom. The van der Waals surface area contributed by atoms with E-state index in [4.69, 9.17) is 4.74 Å². The van der Waals surface area contributed by atoms with Gasteiger partial charge in [-0.1, -0.05) is 6.92 Å². The highest BCUT2D eigenvalue weighted by Crippen LogP contribution is 2.26. The normalized spacial score (nSPS) is 32.1. The van der Waals surface area contributed by atoms with E-state index in [2.05, 4.69) is 24.1 Å². The summed E-state index contributed by atoms with van der Waals surface area (Å²) in [5.74, 6) is 0.894. The first-order chi connectivity index (χ1) is 7.74. The van der Waals surface area contributed by atoms with Crippen molar-refractivity contribution in [3.63, 3.8) is 0 Å². The molecule has 0 aromatic heterocycles. The van der Waals surface area contributed by atoms with Crippen LogP contribution in [0.1, 0.15) is 33.1 Å². The van der Waals surface area contributed by atoms with Gasteiger partial charge in [-0.3, -0.25) is 4.90 Å². The first-order valence-electron chi connectivity index (χ1n) is 6.78. The maximum atomic E-state index is 5.64. The molecule has 0 amide bonds. The molecule has 0 aromatic rings. The molecule has 2 aliphatic rings. The molecule has 17 heavy (non-hydrogen) atoms. The van der Waals surface area contributed by atoms with E-state index in [9.17, 15) is 0 Å². The molecule has 1 unspecified atom stereocenters. The van der Waals surface area contributed by atoms with Crippen molar-refractivity contribution in [2.45, 2.75) is 38.6 Å². The van der Waals surface area contributed by atoms with Crippen LogP contribution in [-0.4, -0.2) is 49.8 Å². The lowest BCUT2D eigenvalue weighted by molar-refractivity contribution is -0.0691. The summed E-state index contributed by atoms with van der Waals surface area (Å²) in [6, 6.07) is 0. The van der Waals surface area contributed by atoms with Gasteiger partial charge in [-0.15, -0.1) is 12.4 Å². The SMILES string of the molecule is CCC1(C)COCCN1CC1CCNCC1.Cl. The summed E-state index contributed by atoms with van der Waals surface area (Å²) in [5.41, 5.74) is 0.281. The van der Waals surface area contributed by atoms with Crippen molar-refractivity contribution in [2.24, 2.45) is 5.92 Å². The fraction of sp³-hybridized carbons (Fsp3) is 1.00. The highest BCUT2D eigenvalue weighted by Gasteiger charge is 2.34. The van der Waals surface area contributed by atoms with Crippen LogP contribution in [0, 0.1) is 5.92 Å². The Morgan fingerprint density at radius 3 is 2.71 bits per heavy atom. The van der Waals surface area contributed by atoms with E-state index in [1.54, 1.807) is 0 Å². The van der Waals surface area contributed by atoms with Crippen molar-refractivity contribution in [2.75, 3.05) is 39.4 Å². The Morgan fingerprint density at radius 1 is 1.35 bits per heavy atom. The van der Waals surface area contributed by atoms with E-state index < -0.39 is 0 Å². The van der Waals surface area contributed by atoms with E-state index in [0.29, 0.717) is 0 Å². The molecule has 0 aromatic carbocycles. The predicted molar refractivity (Wildman–Crippen MR) is 73.9 cm³/mol. The van der Waals surface area contributed by atoms with Crippen LogP contribution in [0.3, 0.4) is 0 Å². The molecule has 0 bridgehead atoms. The van der Waals surface area contributed by atoms with Crippen molar-refractivity contribution < 1.29 is 4.74 Å². The fourth-order valence-electron chi connectivity index (χ4n) is 2.84. The molecule has 1 atom stereocenters. The Kier molecular flexibility index (Phi) is 6.21. The second-order valence-corrected chi connectivity index (χ2v) is 5.54. The number of hydrogen-bond donors (Lipinski definition) is 1. The summed E-state index contributed by atoms with van der Waals surface area (Å²) < 4.78 is 5.64. The summed E-state index contributed by atoms with van der Waals surface area (Å²) in [6.45, 7) is 11.3. The molecule has 0 saturated carbocycles. The summed E-state index contributed by atoms with van der Waals surface area (Å²) in [4.78, 5) is 2.67. The van der Waals surface area contributed by atoms with Gasteiger partial charge in [0.05, 0.1) is 13.2 Å². The van der Waals surface area contributed by atoms with Crippen LogP contribution in [0.2, 0.25) is 0 Å². The molecular weight excluding hydrogens is 236 g/mol. The molecule has 0 aliphatic carbocycles. The molecule has 4 heteroatoms. The standard InChI is InChI=1S/C13H26N2O.ClH/c1-3-13(2)11-16-9-8-15(13)10-12-4-6-14-7-5-12;/h12,14H,3-11H2,1-2H3;1H. The molecule has 2 rings (SSSR count). The van der Waals surface area contributed by atoms with Gasteiger partial charge in [0, 0.05) is 18.6 Å². The van der Waals surface area contributed by atoms with Crippen LogP contribution >= 0.6 is 12.4 Å². The van der Waals surface area contributed by atoms with Gasteiger partial charge in [0.2, 0.25) is 0 Å². The van der Waals surface area contributed by atoms with Crippen LogP contribution in [0.4, 0.5) is 0 Å². The number of halogens is 1. The predicted octanol–water partition coefficient (Wildman–Crippen LogP) is 1.91. The van der Waals surface area contributed by atoms with Crippen molar-refractivity contribution in [3.05, 3.63) is 0 Å². The lowest BCUT2D eigenvalue weighted by Crippen LogP contribution is -2.56. The Hall–Kier alpha value is 0.170. The molecule has 0 spiro atoms. The van der Waals surface area contributed by atoms with Gasteiger partial charge in [-0.2, -0.15) is 0 Å². The van der Waals surface area contributed by atoms with Crippen LogP contribution in [0.15, 0.2) is 0 Å². The van der Waals surface area contributed by atoms with Gasteiger partial charge in [-0.05, 0) is 45.2 Å². The number of nitrogens with one attached hydrogen (secondary N) is 1. The zero-order valence-electron chi connectivity index (χ0n) is 11.2. The van der Waals surface area contributed by atoms with Gasteiger partial charge < -0.3 is 10.1 Å². The topological polar surface area (TPSA) is 24.5 Å². The monoisotopic (exact) mass is 262 g/mol. The minimum Gasteiger partial charge on any atom is -0.378 e. The molecule has 3 nitrogen and oxygen atoms in total. The van der Waals surface area contributed by atoms with E-state index in [0.717, 1.165) is 25.7 Å². The maximum Gasteiger partial charge on any atom is 0.0648 e. The van der Waals surface area contributed by atoms with Gasteiger partial charge in [-0.25, -0.2) is 0 Å². The number of piperidine rings is 1. The molecule has 2 saturated heterocycles. The summed E-state index contributed by atoms with van der Waals surface area (Å²) >= 11 is 0. The average Bonchev–Trinajstić information content (AvgIpc) is 2.34. The average molecular weight is 263 g/mol. The molecular formula is C13H27ClN2O. The van der Waals surface area contributed by atoms with E-state index in [1.807, 2.05) is 0 Å². The molecule has 102 valence electrons. The Balaban J connectivity index is 0.00000144. The first kappa shape index (κ1) is 15.2. The third-order valence-electron chi connectivity index (χ3n) is 4.38. The summed E-state index contributed by atoms with van der Waals surface area (Å²) in [6.07, 6.45) is 3.88. The highest BCUT2D eigenvalue weighted by atomic mass is 35.5. The lowest BCUT2D eigenvalue weighted by atomic mass is 9.91. The van der Waals surface area contributed by atoms with E-state index >= 15 is 0 Å². The van der Waals surface area contributed by atoms with Crippen molar-refractivity contribution in [3.8, 4) is 0 Å². The number of hydrogen-bond acceptors (Lipinski definition) is 3. The zero-order chi connectivity index (χ0) is 11.4. The van der Waals surface area contributed by atoms with Gasteiger partial charge in [0.25, 0.3) is 0 Å². The van der Waals surface area contributed by atoms with Gasteiger partial charge in [0.1, 0.15) is 0 Å². The Labute approximate surface area is 112 Å². The summed E-state index contributed by atoms with van der Waals surface area (Å²) in [7, 11) is 0. The molecule has 0 radical (unpaired) electrons. The number of nitrogens with zero attached hydrogens (tertiary/aromatic N) is 1. The van der Waals surface area contributed by atoms with Crippen LogP contribution in [-0.2, 0) is 4.74 Å². The van der Waals surface area contributed by atoms with Crippen LogP contribution < -0.4 is 5.32 Å². The first-order valence-corrected chi connectivity index (χ1v) is 6.78. The lowest BCUT2D eigenvalue weighted by Gasteiger charge is -2.46. The highest BCUT2D eigenvalue weighted by molar-refractivity contribution is 5.85. The number of rotatable bonds is 3. The molecule has 2 fully saturated rings. The number of ether oxygens (including phenoxy) is 1. The maximum absolute atomic E-state index is 5.64.